The summed E-state index contributed by atoms with van der Waals surface area (Å²) in [4.78, 5) is 11.6. The summed E-state index contributed by atoms with van der Waals surface area (Å²) in [6.07, 6.45) is 8.53. The zero-order valence-electron chi connectivity index (χ0n) is 15.7. The van der Waals surface area contributed by atoms with Crippen molar-refractivity contribution in [1.29, 1.82) is 0 Å². The minimum absolute atomic E-state index is 0.331. The summed E-state index contributed by atoms with van der Waals surface area (Å²) in [5.41, 5.74) is 3.18. The van der Waals surface area contributed by atoms with E-state index in [0.717, 1.165) is 60.0 Å². The predicted molar refractivity (Wildman–Crippen MR) is 109 cm³/mol. The van der Waals surface area contributed by atoms with Crippen LogP contribution >= 0.6 is 0 Å². The Morgan fingerprint density at radius 2 is 2.07 bits per heavy atom. The molecule has 28 heavy (non-hydrogen) atoms. The van der Waals surface area contributed by atoms with Crippen molar-refractivity contribution in [2.24, 2.45) is 0 Å². The van der Waals surface area contributed by atoms with Gasteiger partial charge in [0.2, 0.25) is 0 Å². The Morgan fingerprint density at radius 3 is 2.86 bits per heavy atom. The van der Waals surface area contributed by atoms with Crippen molar-refractivity contribution in [1.82, 2.24) is 24.7 Å². The van der Waals surface area contributed by atoms with E-state index in [9.17, 15) is 0 Å². The van der Waals surface area contributed by atoms with Crippen LogP contribution in [0.15, 0.2) is 55.1 Å². The van der Waals surface area contributed by atoms with E-state index in [0.29, 0.717) is 6.04 Å². The summed E-state index contributed by atoms with van der Waals surface area (Å²) in [6, 6.07) is 10.7. The first-order valence-electron chi connectivity index (χ1n) is 9.62. The summed E-state index contributed by atoms with van der Waals surface area (Å²) in [6.45, 7) is 4.50. The van der Waals surface area contributed by atoms with E-state index < -0.39 is 0 Å². The highest BCUT2D eigenvalue weighted by Gasteiger charge is 2.24. The quantitative estimate of drug-likeness (QED) is 0.593. The number of nitrogens with zero attached hydrogens (tertiary/aromatic N) is 5. The van der Waals surface area contributed by atoms with Crippen LogP contribution in [0.25, 0.3) is 28.0 Å². The zero-order valence-corrected chi connectivity index (χ0v) is 15.7. The second kappa shape index (κ2) is 7.09. The Kier molecular flexibility index (Phi) is 4.29. The first-order chi connectivity index (χ1) is 13.8. The molecular weight excluding hydrogens is 352 g/mol. The summed E-state index contributed by atoms with van der Waals surface area (Å²) >= 11 is 0. The van der Waals surface area contributed by atoms with Gasteiger partial charge >= 0.3 is 0 Å². The van der Waals surface area contributed by atoms with Gasteiger partial charge in [0, 0.05) is 42.8 Å². The number of pyridine rings is 2. The maximum atomic E-state index is 5.70. The second-order valence-electron chi connectivity index (χ2n) is 6.95. The van der Waals surface area contributed by atoms with Crippen LogP contribution in [0, 0.1) is 0 Å². The third kappa shape index (κ3) is 2.84. The highest BCUT2D eigenvalue weighted by molar-refractivity contribution is 5.95. The van der Waals surface area contributed by atoms with Crippen LogP contribution in [0.4, 0.5) is 5.82 Å². The number of rotatable bonds is 4. The normalized spacial score (nSPS) is 17.3. The Morgan fingerprint density at radius 1 is 1.18 bits per heavy atom. The molecule has 0 spiro atoms. The van der Waals surface area contributed by atoms with Gasteiger partial charge in [-0.1, -0.05) is 6.92 Å². The molecular formula is C21H22N6O. The molecule has 0 aliphatic carbocycles. The van der Waals surface area contributed by atoms with Crippen molar-refractivity contribution in [3.63, 3.8) is 0 Å². The molecule has 4 aromatic heterocycles. The van der Waals surface area contributed by atoms with Gasteiger partial charge < -0.3 is 9.64 Å². The number of hydrogen-bond acceptors (Lipinski definition) is 5. The first-order valence-corrected chi connectivity index (χ1v) is 9.62. The molecule has 0 aromatic carbocycles. The molecule has 1 saturated heterocycles. The lowest BCUT2D eigenvalue weighted by Gasteiger charge is -2.36. The number of aromatic amines is 1. The SMILES string of the molecule is CC[C@@H]1COCCN1c1cc(-c2ccncc2)c2ccn(-c3cc[nH]n3)c2n1. The lowest BCUT2D eigenvalue weighted by atomic mass is 10.0. The molecule has 7 nitrogen and oxygen atoms in total. The highest BCUT2D eigenvalue weighted by Crippen LogP contribution is 2.34. The molecule has 142 valence electrons. The van der Waals surface area contributed by atoms with Crippen LogP contribution in [0.5, 0.6) is 0 Å². The molecule has 1 atom stereocenters. The van der Waals surface area contributed by atoms with Crippen molar-refractivity contribution in [2.75, 3.05) is 24.7 Å². The van der Waals surface area contributed by atoms with E-state index >= 15 is 0 Å². The fraction of sp³-hybridized carbons (Fsp3) is 0.286. The highest BCUT2D eigenvalue weighted by atomic mass is 16.5. The summed E-state index contributed by atoms with van der Waals surface area (Å²) in [7, 11) is 0. The van der Waals surface area contributed by atoms with Crippen molar-refractivity contribution in [2.45, 2.75) is 19.4 Å². The summed E-state index contributed by atoms with van der Waals surface area (Å²) in [5, 5.41) is 8.32. The number of hydrogen-bond donors (Lipinski definition) is 1. The molecule has 7 heteroatoms. The van der Waals surface area contributed by atoms with Gasteiger partial charge in [0.05, 0.1) is 19.3 Å². The van der Waals surface area contributed by atoms with Crippen LogP contribution in [0.2, 0.25) is 0 Å². The lowest BCUT2D eigenvalue weighted by Crippen LogP contribution is -2.45. The van der Waals surface area contributed by atoms with E-state index in [4.69, 9.17) is 9.72 Å². The Bertz CT molecular complexity index is 1070. The van der Waals surface area contributed by atoms with Gasteiger partial charge in [0.15, 0.2) is 5.82 Å². The van der Waals surface area contributed by atoms with Gasteiger partial charge in [0.1, 0.15) is 11.5 Å². The maximum absolute atomic E-state index is 5.70. The maximum Gasteiger partial charge on any atom is 0.160 e. The summed E-state index contributed by atoms with van der Waals surface area (Å²) < 4.78 is 7.73. The molecule has 4 aromatic rings. The van der Waals surface area contributed by atoms with Gasteiger partial charge in [-0.05, 0) is 41.8 Å². The first kappa shape index (κ1) is 16.9. The molecule has 0 amide bonds. The fourth-order valence-electron chi connectivity index (χ4n) is 3.88. The average molecular weight is 374 g/mol. The van der Waals surface area contributed by atoms with E-state index in [2.05, 4.69) is 39.1 Å². The Balaban J connectivity index is 1.73. The topological polar surface area (TPSA) is 71.9 Å². The number of H-pyrrole nitrogens is 1. The van der Waals surface area contributed by atoms with Gasteiger partial charge in [-0.25, -0.2) is 4.98 Å². The molecule has 1 fully saturated rings. The minimum atomic E-state index is 0.331. The number of ether oxygens (including phenoxy) is 1. The van der Waals surface area contributed by atoms with Crippen molar-refractivity contribution >= 4 is 16.9 Å². The van der Waals surface area contributed by atoms with Crippen molar-refractivity contribution in [3.05, 3.63) is 55.1 Å². The smallest absolute Gasteiger partial charge is 0.160 e. The van der Waals surface area contributed by atoms with Crippen LogP contribution in [0.3, 0.4) is 0 Å². The third-order valence-electron chi connectivity index (χ3n) is 5.36. The monoisotopic (exact) mass is 374 g/mol. The zero-order chi connectivity index (χ0) is 18.9. The minimum Gasteiger partial charge on any atom is -0.377 e. The lowest BCUT2D eigenvalue weighted by molar-refractivity contribution is 0.0926. The molecule has 1 aliphatic rings. The second-order valence-corrected chi connectivity index (χ2v) is 6.95. The average Bonchev–Trinajstić information content (AvgIpc) is 3.43. The van der Waals surface area contributed by atoms with Gasteiger partial charge in [-0.3, -0.25) is 14.6 Å². The number of fused-ring (bicyclic) bond motifs is 1. The third-order valence-corrected chi connectivity index (χ3v) is 5.36. The molecule has 0 unspecified atom stereocenters. The molecule has 5 rings (SSSR count). The largest absolute Gasteiger partial charge is 0.377 e. The van der Waals surface area contributed by atoms with Gasteiger partial charge in [-0.2, -0.15) is 5.10 Å². The predicted octanol–water partition coefficient (Wildman–Crippen LogP) is 3.43. The molecule has 0 bridgehead atoms. The molecule has 1 aliphatic heterocycles. The molecule has 1 N–H and O–H groups in total. The van der Waals surface area contributed by atoms with Gasteiger partial charge in [0.25, 0.3) is 0 Å². The van der Waals surface area contributed by atoms with Crippen LogP contribution in [0.1, 0.15) is 13.3 Å². The van der Waals surface area contributed by atoms with Crippen LogP contribution in [-0.4, -0.2) is 50.5 Å². The van der Waals surface area contributed by atoms with E-state index in [-0.39, 0.29) is 0 Å². The van der Waals surface area contributed by atoms with Crippen molar-refractivity contribution in [3.8, 4) is 16.9 Å². The number of nitrogens with one attached hydrogen (secondary N) is 1. The van der Waals surface area contributed by atoms with Crippen molar-refractivity contribution < 1.29 is 4.74 Å². The standard InChI is InChI=1S/C21H22N6O/c1-2-16-14-28-12-11-26(16)20-13-18(15-3-7-22-8-4-15)17-6-10-27(21(17)24-20)19-5-9-23-25-19/h3-10,13,16H,2,11-12,14H2,1H3,(H,23,25)/t16-/m1/s1. The Labute approximate surface area is 163 Å². The van der Waals surface area contributed by atoms with E-state index in [1.165, 1.54) is 0 Å². The molecule has 0 saturated carbocycles. The number of morpholine rings is 1. The fourth-order valence-corrected chi connectivity index (χ4v) is 3.88. The van der Waals surface area contributed by atoms with E-state index in [1.54, 1.807) is 0 Å². The van der Waals surface area contributed by atoms with Crippen LogP contribution in [-0.2, 0) is 4.74 Å². The molecule has 0 radical (unpaired) electrons. The van der Waals surface area contributed by atoms with E-state index in [1.807, 2.05) is 47.6 Å². The van der Waals surface area contributed by atoms with Gasteiger partial charge in [-0.15, -0.1) is 0 Å². The number of anilines is 1. The van der Waals surface area contributed by atoms with Crippen LogP contribution < -0.4 is 4.90 Å². The number of aromatic nitrogens is 5. The Hall–Kier alpha value is -3.19. The summed E-state index contributed by atoms with van der Waals surface area (Å²) in [5.74, 6) is 1.80. The molecule has 5 heterocycles.